The third-order valence-electron chi connectivity index (χ3n) is 7.02. The second kappa shape index (κ2) is 10.7. The van der Waals surface area contributed by atoms with E-state index in [1.54, 1.807) is 12.3 Å². The van der Waals surface area contributed by atoms with Gasteiger partial charge in [-0.05, 0) is 48.1 Å². The van der Waals surface area contributed by atoms with Gasteiger partial charge < -0.3 is 21.3 Å². The van der Waals surface area contributed by atoms with Crippen molar-refractivity contribution < 1.29 is 9.59 Å². The van der Waals surface area contributed by atoms with Crippen LogP contribution in [0.15, 0.2) is 60.9 Å². The molecule has 9 heteroatoms. The molecule has 2 aromatic heterocycles. The molecule has 5 rings (SSSR count). The lowest BCUT2D eigenvalue weighted by Crippen LogP contribution is -2.37. The summed E-state index contributed by atoms with van der Waals surface area (Å²) in [6, 6.07) is 16.1. The fraction of sp³-hybridized carbons (Fsp3) is 0.286. The van der Waals surface area contributed by atoms with Crippen molar-refractivity contribution in [3.05, 3.63) is 77.6 Å². The van der Waals surface area contributed by atoms with Gasteiger partial charge in [-0.3, -0.25) is 14.7 Å². The third-order valence-corrected chi connectivity index (χ3v) is 7.02. The van der Waals surface area contributed by atoms with Crippen LogP contribution in [0.3, 0.4) is 0 Å². The van der Waals surface area contributed by atoms with Gasteiger partial charge in [-0.2, -0.15) is 5.10 Å². The van der Waals surface area contributed by atoms with Gasteiger partial charge in [0.05, 0.1) is 23.0 Å². The lowest BCUT2D eigenvalue weighted by atomic mass is 9.89. The van der Waals surface area contributed by atoms with Crippen LogP contribution < -0.4 is 16.4 Å². The number of carbonyl (C=O) groups is 2. The van der Waals surface area contributed by atoms with Gasteiger partial charge in [0.1, 0.15) is 5.82 Å². The number of nitrogens with one attached hydrogen (secondary N) is 3. The van der Waals surface area contributed by atoms with E-state index in [0.29, 0.717) is 36.0 Å². The summed E-state index contributed by atoms with van der Waals surface area (Å²) in [5.41, 5.74) is 10.7. The SMILES string of the molecule is CCC(=O)N1CCC(c2ccc(Nc3cc(NCc4cccc5[nH]ncc45)c(C(N)=O)cn3)cc2)CC1. The molecule has 0 radical (unpaired) electrons. The predicted octanol–water partition coefficient (Wildman–Crippen LogP) is 4.53. The Kier molecular flexibility index (Phi) is 7.02. The molecule has 2 amide bonds. The zero-order valence-corrected chi connectivity index (χ0v) is 20.8. The molecule has 2 aromatic carbocycles. The number of anilines is 3. The fourth-order valence-electron chi connectivity index (χ4n) is 4.91. The van der Waals surface area contributed by atoms with E-state index >= 15 is 0 Å². The molecule has 37 heavy (non-hydrogen) atoms. The number of carbonyl (C=O) groups excluding carboxylic acids is 2. The lowest BCUT2D eigenvalue weighted by Gasteiger charge is -2.32. The number of aromatic amines is 1. The smallest absolute Gasteiger partial charge is 0.252 e. The molecule has 0 spiro atoms. The Labute approximate surface area is 215 Å². The molecule has 5 N–H and O–H groups in total. The highest BCUT2D eigenvalue weighted by atomic mass is 16.2. The van der Waals surface area contributed by atoms with Gasteiger partial charge in [-0.1, -0.05) is 31.2 Å². The standard InChI is InChI=1S/C28H31N7O2/c1-2-27(36)35-12-10-19(11-13-35)18-6-8-21(9-7-18)33-26-14-25(23(16-31-26)28(29)37)30-15-20-4-3-5-24-22(20)17-32-34-24/h3-9,14,16-17,19H,2,10-13,15H2,1H3,(H2,29,37)(H,32,34)(H2,30,31,33). The van der Waals surface area contributed by atoms with E-state index in [2.05, 4.69) is 37.9 Å². The van der Waals surface area contributed by atoms with E-state index in [9.17, 15) is 9.59 Å². The number of hydrogen-bond acceptors (Lipinski definition) is 6. The number of nitrogens with zero attached hydrogens (tertiary/aromatic N) is 3. The van der Waals surface area contributed by atoms with Crippen LogP contribution >= 0.6 is 0 Å². The fourth-order valence-corrected chi connectivity index (χ4v) is 4.91. The first-order chi connectivity index (χ1) is 18.0. The van der Waals surface area contributed by atoms with Crippen LogP contribution in [0.5, 0.6) is 0 Å². The van der Waals surface area contributed by atoms with Crippen LogP contribution in [0, 0.1) is 0 Å². The number of rotatable bonds is 8. The first-order valence-electron chi connectivity index (χ1n) is 12.6. The summed E-state index contributed by atoms with van der Waals surface area (Å²) in [5.74, 6) is 0.755. The third kappa shape index (κ3) is 5.40. The maximum absolute atomic E-state index is 12.0. The normalized spacial score (nSPS) is 14.0. The molecular weight excluding hydrogens is 466 g/mol. The molecule has 1 saturated heterocycles. The highest BCUT2D eigenvalue weighted by Gasteiger charge is 2.22. The summed E-state index contributed by atoms with van der Waals surface area (Å²) in [6.07, 6.45) is 5.81. The van der Waals surface area contributed by atoms with Crippen LogP contribution in [0.1, 0.15) is 53.6 Å². The number of hydrogen-bond donors (Lipinski definition) is 4. The van der Waals surface area contributed by atoms with E-state index < -0.39 is 5.91 Å². The van der Waals surface area contributed by atoms with E-state index in [4.69, 9.17) is 5.73 Å². The van der Waals surface area contributed by atoms with Gasteiger partial charge in [0.15, 0.2) is 0 Å². The number of primary amides is 1. The topological polar surface area (TPSA) is 129 Å². The van der Waals surface area contributed by atoms with Gasteiger partial charge >= 0.3 is 0 Å². The minimum atomic E-state index is -0.542. The van der Waals surface area contributed by atoms with Crippen molar-refractivity contribution in [2.75, 3.05) is 23.7 Å². The molecular formula is C28H31N7O2. The van der Waals surface area contributed by atoms with E-state index in [0.717, 1.165) is 48.1 Å². The Morgan fingerprint density at radius 2 is 1.89 bits per heavy atom. The van der Waals surface area contributed by atoms with E-state index in [1.165, 1.54) is 11.8 Å². The largest absolute Gasteiger partial charge is 0.380 e. The zero-order chi connectivity index (χ0) is 25.8. The molecule has 190 valence electrons. The second-order valence-corrected chi connectivity index (χ2v) is 9.34. The molecule has 0 bridgehead atoms. The predicted molar refractivity (Wildman–Crippen MR) is 145 cm³/mol. The number of nitrogens with two attached hydrogens (primary N) is 1. The number of benzene rings is 2. The zero-order valence-electron chi connectivity index (χ0n) is 20.8. The summed E-state index contributed by atoms with van der Waals surface area (Å²) in [7, 11) is 0. The van der Waals surface area contributed by atoms with E-state index in [1.807, 2.05) is 42.2 Å². The first kappa shape index (κ1) is 24.3. The average Bonchev–Trinajstić information content (AvgIpc) is 3.42. The summed E-state index contributed by atoms with van der Waals surface area (Å²) < 4.78 is 0. The monoisotopic (exact) mass is 497 g/mol. The van der Waals surface area contributed by atoms with E-state index in [-0.39, 0.29) is 5.91 Å². The maximum atomic E-state index is 12.0. The molecule has 1 fully saturated rings. The van der Waals surface area contributed by atoms with Crippen LogP contribution in [-0.2, 0) is 11.3 Å². The first-order valence-corrected chi connectivity index (χ1v) is 12.6. The second-order valence-electron chi connectivity index (χ2n) is 9.34. The van der Waals surface area contributed by atoms with Crippen molar-refractivity contribution in [1.82, 2.24) is 20.1 Å². The lowest BCUT2D eigenvalue weighted by molar-refractivity contribution is -0.131. The number of likely N-dealkylation sites (tertiary alicyclic amines) is 1. The summed E-state index contributed by atoms with van der Waals surface area (Å²) >= 11 is 0. The van der Waals surface area contributed by atoms with Gasteiger partial charge in [-0.15, -0.1) is 0 Å². The van der Waals surface area contributed by atoms with Crippen LogP contribution in [0.25, 0.3) is 10.9 Å². The number of fused-ring (bicyclic) bond motifs is 1. The van der Waals surface area contributed by atoms with Crippen molar-refractivity contribution in [3.8, 4) is 0 Å². The molecule has 0 saturated carbocycles. The molecule has 3 heterocycles. The summed E-state index contributed by atoms with van der Waals surface area (Å²) in [5, 5.41) is 14.8. The van der Waals surface area contributed by atoms with Crippen molar-refractivity contribution in [2.24, 2.45) is 5.73 Å². The molecule has 1 aliphatic heterocycles. The Balaban J connectivity index is 1.26. The van der Waals surface area contributed by atoms with Gasteiger partial charge in [0.25, 0.3) is 5.91 Å². The molecule has 4 aromatic rings. The minimum absolute atomic E-state index is 0.236. The average molecular weight is 498 g/mol. The van der Waals surface area contributed by atoms with Crippen molar-refractivity contribution in [3.63, 3.8) is 0 Å². The van der Waals surface area contributed by atoms with Gasteiger partial charge in [-0.25, -0.2) is 4.98 Å². The van der Waals surface area contributed by atoms with Gasteiger partial charge in [0.2, 0.25) is 5.91 Å². The van der Waals surface area contributed by atoms with Crippen molar-refractivity contribution >= 4 is 39.9 Å². The summed E-state index contributed by atoms with van der Waals surface area (Å²) in [4.78, 5) is 30.3. The number of pyridine rings is 1. The molecule has 0 atom stereocenters. The van der Waals surface area contributed by atoms with Crippen molar-refractivity contribution in [1.29, 1.82) is 0 Å². The molecule has 1 aliphatic rings. The Hall–Kier alpha value is -4.40. The van der Waals surface area contributed by atoms with Crippen LogP contribution in [0.4, 0.5) is 17.2 Å². The van der Waals surface area contributed by atoms with Gasteiger partial charge in [0, 0.05) is 49.4 Å². The number of aromatic nitrogens is 3. The minimum Gasteiger partial charge on any atom is -0.380 e. The Bertz CT molecular complexity index is 1410. The highest BCUT2D eigenvalue weighted by molar-refractivity contribution is 5.98. The number of H-pyrrole nitrogens is 1. The molecule has 0 unspecified atom stereocenters. The number of piperidine rings is 1. The number of amides is 2. The molecule has 9 nitrogen and oxygen atoms in total. The Morgan fingerprint density at radius 1 is 1.11 bits per heavy atom. The maximum Gasteiger partial charge on any atom is 0.252 e. The quantitative estimate of drug-likeness (QED) is 0.283. The van der Waals surface area contributed by atoms with Crippen LogP contribution in [-0.4, -0.2) is 45.0 Å². The molecule has 0 aliphatic carbocycles. The van der Waals surface area contributed by atoms with Crippen LogP contribution in [0.2, 0.25) is 0 Å². The van der Waals surface area contributed by atoms with Crippen molar-refractivity contribution in [2.45, 2.75) is 38.6 Å². The Morgan fingerprint density at radius 3 is 2.62 bits per heavy atom. The highest BCUT2D eigenvalue weighted by Crippen LogP contribution is 2.30. The summed E-state index contributed by atoms with van der Waals surface area (Å²) in [6.45, 7) is 4.05.